The number of benzene rings is 1. The van der Waals surface area contributed by atoms with Crippen molar-refractivity contribution in [2.24, 2.45) is 4.99 Å². The fourth-order valence-electron chi connectivity index (χ4n) is 5.93. The number of fused-ring (bicyclic) bond motifs is 1. The van der Waals surface area contributed by atoms with E-state index >= 15 is 0 Å². The van der Waals surface area contributed by atoms with Crippen molar-refractivity contribution >= 4 is 35.7 Å². The van der Waals surface area contributed by atoms with Gasteiger partial charge in [0.2, 0.25) is 5.91 Å². The second kappa shape index (κ2) is 12.2. The minimum Gasteiger partial charge on any atom is -0.368 e. The number of imidazole rings is 1. The molecule has 0 bridgehead atoms. The van der Waals surface area contributed by atoms with Crippen molar-refractivity contribution < 1.29 is 27.5 Å². The van der Waals surface area contributed by atoms with E-state index in [9.17, 15) is 22.8 Å². The van der Waals surface area contributed by atoms with Gasteiger partial charge in [-0.25, -0.2) is 19.9 Å². The summed E-state index contributed by atoms with van der Waals surface area (Å²) in [5.41, 5.74) is 1.28. The number of hydrogen-bond donors (Lipinski definition) is 2. The first kappa shape index (κ1) is 29.4. The van der Waals surface area contributed by atoms with Crippen molar-refractivity contribution in [3.63, 3.8) is 0 Å². The fraction of sp³-hybridized carbons (Fsp3) is 0.355. The van der Waals surface area contributed by atoms with Gasteiger partial charge in [-0.3, -0.25) is 14.0 Å². The lowest BCUT2D eigenvalue weighted by Gasteiger charge is -2.29. The van der Waals surface area contributed by atoms with Crippen LogP contribution in [0, 0.1) is 0 Å². The number of aliphatic imine (C=N–C) groups is 1. The number of carbonyl (C=O) groups excluding carboxylic acids is 2. The quantitative estimate of drug-likeness (QED) is 0.260. The van der Waals surface area contributed by atoms with Crippen LogP contribution < -0.4 is 10.6 Å². The Bertz CT molecular complexity index is 1700. The second-order valence-corrected chi connectivity index (χ2v) is 11.0. The highest BCUT2D eigenvalue weighted by molar-refractivity contribution is 6.04. The summed E-state index contributed by atoms with van der Waals surface area (Å²) in [7, 11) is 0. The molecule has 3 atom stereocenters. The highest BCUT2D eigenvalue weighted by atomic mass is 19.4. The third kappa shape index (κ3) is 6.05. The molecule has 44 heavy (non-hydrogen) atoms. The first-order valence-corrected chi connectivity index (χ1v) is 14.4. The first-order chi connectivity index (χ1) is 21.2. The molecule has 10 nitrogen and oxygen atoms in total. The van der Waals surface area contributed by atoms with Crippen LogP contribution in [0.2, 0.25) is 0 Å². The van der Waals surface area contributed by atoms with E-state index in [2.05, 4.69) is 32.3 Å². The largest absolute Gasteiger partial charge is 0.416 e. The number of carbonyl (C=O) groups is 2. The minimum absolute atomic E-state index is 0.00389. The smallest absolute Gasteiger partial charge is 0.368 e. The number of anilines is 1. The van der Waals surface area contributed by atoms with Gasteiger partial charge in [-0.15, -0.1) is 0 Å². The molecule has 13 heteroatoms. The van der Waals surface area contributed by atoms with Gasteiger partial charge in [0.15, 0.2) is 5.82 Å². The van der Waals surface area contributed by atoms with Gasteiger partial charge < -0.3 is 15.4 Å². The second-order valence-electron chi connectivity index (χ2n) is 11.0. The van der Waals surface area contributed by atoms with Crippen molar-refractivity contribution in [3.05, 3.63) is 71.9 Å². The van der Waals surface area contributed by atoms with E-state index in [1.165, 1.54) is 0 Å². The van der Waals surface area contributed by atoms with E-state index in [4.69, 9.17) is 9.72 Å². The van der Waals surface area contributed by atoms with Crippen molar-refractivity contribution in [3.8, 4) is 11.3 Å². The van der Waals surface area contributed by atoms with Gasteiger partial charge in [0.05, 0.1) is 5.56 Å². The predicted molar refractivity (Wildman–Crippen MR) is 157 cm³/mol. The van der Waals surface area contributed by atoms with Crippen LogP contribution >= 0.6 is 0 Å². The van der Waals surface area contributed by atoms with Gasteiger partial charge >= 0.3 is 6.18 Å². The molecule has 1 aliphatic heterocycles. The molecule has 2 fully saturated rings. The zero-order valence-corrected chi connectivity index (χ0v) is 23.7. The maximum Gasteiger partial charge on any atom is 0.416 e. The number of nitrogens with one attached hydrogen (secondary N) is 2. The zero-order chi connectivity index (χ0) is 30.8. The molecule has 3 aromatic heterocycles. The topological polar surface area (TPSA) is 123 Å². The molecule has 1 saturated heterocycles. The van der Waals surface area contributed by atoms with Crippen LogP contribution in [0.3, 0.4) is 0 Å². The Morgan fingerprint density at radius 1 is 1.05 bits per heavy atom. The van der Waals surface area contributed by atoms with Crippen molar-refractivity contribution in [1.82, 2.24) is 24.7 Å². The zero-order valence-electron chi connectivity index (χ0n) is 23.7. The number of halogens is 3. The molecule has 0 spiro atoms. The van der Waals surface area contributed by atoms with E-state index in [1.807, 2.05) is 10.6 Å². The molecule has 2 N–H and O–H groups in total. The molecule has 4 heterocycles. The summed E-state index contributed by atoms with van der Waals surface area (Å²) in [5, 5.41) is 5.59. The number of amides is 2. The van der Waals surface area contributed by atoms with Gasteiger partial charge in [0, 0.05) is 48.3 Å². The van der Waals surface area contributed by atoms with E-state index in [0.717, 1.165) is 62.7 Å². The third-order valence-electron chi connectivity index (χ3n) is 8.07. The van der Waals surface area contributed by atoms with Crippen LogP contribution in [0.15, 0.2) is 60.0 Å². The van der Waals surface area contributed by atoms with E-state index in [1.54, 1.807) is 30.5 Å². The summed E-state index contributed by atoms with van der Waals surface area (Å²) in [6.45, 7) is 4.29. The summed E-state index contributed by atoms with van der Waals surface area (Å²) >= 11 is 0. The molecule has 4 aromatic rings. The standard InChI is InChI=1S/C31H30F3N7O3/c1-35-27-26-25(18-7-9-19(10-8-18)29(42)39-24-17-21(11-12-36-24)31(32,33)34)40-28(41(26)14-13-37-27)20-4-2-5-22(16-20)38-30(43)23-6-3-15-44-23/h7-14,17,20,22-23H,1-6,15-16H2,(H,38,43)(H,36,39,42). The highest BCUT2D eigenvalue weighted by Crippen LogP contribution is 2.38. The molecule has 1 aromatic carbocycles. The third-order valence-corrected chi connectivity index (χ3v) is 8.07. The average Bonchev–Trinajstić information content (AvgIpc) is 3.70. The van der Waals surface area contributed by atoms with Gasteiger partial charge in [-0.2, -0.15) is 13.2 Å². The van der Waals surface area contributed by atoms with Crippen LogP contribution in [0.25, 0.3) is 16.8 Å². The maximum atomic E-state index is 13.1. The number of alkyl halides is 3. The Labute approximate surface area is 250 Å². The molecular weight excluding hydrogens is 575 g/mol. The Morgan fingerprint density at radius 2 is 1.86 bits per heavy atom. The molecule has 6 rings (SSSR count). The van der Waals surface area contributed by atoms with Crippen LogP contribution in [-0.2, 0) is 15.7 Å². The average molecular weight is 606 g/mol. The number of pyridine rings is 1. The van der Waals surface area contributed by atoms with E-state index in [0.29, 0.717) is 29.2 Å². The Morgan fingerprint density at radius 3 is 2.59 bits per heavy atom. The predicted octanol–water partition coefficient (Wildman–Crippen LogP) is 5.72. The van der Waals surface area contributed by atoms with Gasteiger partial charge in [0.1, 0.15) is 29.0 Å². The van der Waals surface area contributed by atoms with Crippen LogP contribution in [-0.4, -0.2) is 56.6 Å². The van der Waals surface area contributed by atoms with Gasteiger partial charge in [-0.05, 0) is 63.1 Å². The number of rotatable bonds is 7. The number of aromatic nitrogens is 4. The van der Waals surface area contributed by atoms with Crippen molar-refractivity contribution in [2.45, 2.75) is 62.8 Å². The molecule has 2 aliphatic rings. The van der Waals surface area contributed by atoms with Crippen molar-refractivity contribution in [1.29, 1.82) is 0 Å². The summed E-state index contributed by atoms with van der Waals surface area (Å²) in [6.07, 6.45) is 4.58. The Kier molecular flexibility index (Phi) is 8.13. The summed E-state index contributed by atoms with van der Waals surface area (Å²) in [4.78, 5) is 42.9. The van der Waals surface area contributed by atoms with Crippen molar-refractivity contribution in [2.75, 3.05) is 11.9 Å². The van der Waals surface area contributed by atoms with Gasteiger partial charge in [0.25, 0.3) is 5.91 Å². The lowest BCUT2D eigenvalue weighted by molar-refractivity contribution is -0.137. The molecule has 1 saturated carbocycles. The van der Waals surface area contributed by atoms with E-state index < -0.39 is 17.6 Å². The molecular formula is C31H30F3N7O3. The van der Waals surface area contributed by atoms with Crippen LogP contribution in [0.1, 0.15) is 66.2 Å². The number of ether oxygens (including phenoxy) is 1. The van der Waals surface area contributed by atoms with Crippen LogP contribution in [0.4, 0.5) is 24.8 Å². The Balaban J connectivity index is 1.25. The summed E-state index contributed by atoms with van der Waals surface area (Å²) < 4.78 is 46.7. The highest BCUT2D eigenvalue weighted by Gasteiger charge is 2.32. The molecule has 0 radical (unpaired) electrons. The van der Waals surface area contributed by atoms with Gasteiger partial charge in [-0.1, -0.05) is 18.6 Å². The Hall–Kier alpha value is -4.65. The monoisotopic (exact) mass is 605 g/mol. The summed E-state index contributed by atoms with van der Waals surface area (Å²) in [5.74, 6) is 0.409. The SMILES string of the molecule is C=Nc1nccn2c(C3CCCC(NC(=O)C4CCCO4)C3)nc(-c3ccc(C(=O)Nc4cc(C(F)(F)F)ccn4)cc3)c12. The fourth-order valence-corrected chi connectivity index (χ4v) is 5.93. The maximum absolute atomic E-state index is 13.1. The molecule has 228 valence electrons. The molecule has 2 amide bonds. The lowest BCUT2D eigenvalue weighted by atomic mass is 9.85. The summed E-state index contributed by atoms with van der Waals surface area (Å²) in [6, 6.07) is 8.19. The lowest BCUT2D eigenvalue weighted by Crippen LogP contribution is -2.43. The normalized spacial score (nSPS) is 20.4. The minimum atomic E-state index is -4.55. The first-order valence-electron chi connectivity index (χ1n) is 14.4. The number of hydrogen-bond acceptors (Lipinski definition) is 7. The molecule has 3 unspecified atom stereocenters. The van der Waals surface area contributed by atoms with Crippen LogP contribution in [0.5, 0.6) is 0 Å². The van der Waals surface area contributed by atoms with E-state index in [-0.39, 0.29) is 35.4 Å². The number of nitrogens with zero attached hydrogens (tertiary/aromatic N) is 5. The molecule has 1 aliphatic carbocycles.